The van der Waals surface area contributed by atoms with Crippen LogP contribution in [-0.2, 0) is 6.54 Å². The Balaban J connectivity index is 2.03. The lowest BCUT2D eigenvalue weighted by Gasteiger charge is -2.04. The number of nitrogens with zero attached hydrogens (tertiary/aromatic N) is 1. The fourth-order valence-electron chi connectivity index (χ4n) is 1.67. The topological polar surface area (TPSA) is 75.4 Å². The average Bonchev–Trinajstić information content (AvgIpc) is 2.66. The summed E-state index contributed by atoms with van der Waals surface area (Å²) in [5.41, 5.74) is 1.39. The van der Waals surface area contributed by atoms with Crippen LogP contribution in [0.25, 0.3) is 0 Å². The number of rotatable bonds is 3. The Labute approximate surface area is 104 Å². The van der Waals surface area contributed by atoms with Crippen LogP contribution in [-0.4, -0.2) is 16.0 Å². The first-order valence-corrected chi connectivity index (χ1v) is 5.56. The molecule has 0 unspecified atom stereocenters. The molecule has 2 rings (SSSR count). The fraction of sp³-hybridized carbons (Fsp3) is 0.231. The first-order valence-electron chi connectivity index (χ1n) is 5.56. The molecule has 0 radical (unpaired) electrons. The summed E-state index contributed by atoms with van der Waals surface area (Å²) < 4.78 is 5.22. The molecule has 1 amide bonds. The van der Waals surface area contributed by atoms with Crippen LogP contribution < -0.4 is 5.32 Å². The molecule has 0 bridgehead atoms. The zero-order chi connectivity index (χ0) is 13.1. The molecule has 0 saturated carbocycles. The molecular formula is C13H14N2O3. The van der Waals surface area contributed by atoms with Gasteiger partial charge in [-0.2, -0.15) is 0 Å². The number of nitrogens with one attached hydrogen (secondary N) is 1. The minimum Gasteiger partial charge on any atom is -0.508 e. The molecule has 0 aliphatic carbocycles. The zero-order valence-corrected chi connectivity index (χ0v) is 10.2. The molecule has 0 aliphatic heterocycles. The standard InChI is InChI=1S/C13H14N2O3/c1-8-12(18-9(2)15-8)13(17)14-7-10-4-3-5-11(16)6-10/h3-6,16H,7H2,1-2H3,(H,14,17). The fourth-order valence-corrected chi connectivity index (χ4v) is 1.67. The first kappa shape index (κ1) is 12.2. The number of phenols is 1. The molecule has 5 nitrogen and oxygen atoms in total. The number of carbonyl (C=O) groups is 1. The van der Waals surface area contributed by atoms with Gasteiger partial charge in [0.15, 0.2) is 5.89 Å². The molecule has 1 heterocycles. The Morgan fingerprint density at radius 1 is 1.44 bits per heavy atom. The number of benzene rings is 1. The van der Waals surface area contributed by atoms with E-state index in [0.717, 1.165) is 5.56 Å². The van der Waals surface area contributed by atoms with Crippen molar-refractivity contribution in [1.29, 1.82) is 0 Å². The highest BCUT2D eigenvalue weighted by molar-refractivity contribution is 5.92. The number of amides is 1. The largest absolute Gasteiger partial charge is 0.508 e. The quantitative estimate of drug-likeness (QED) is 0.867. The van der Waals surface area contributed by atoms with Gasteiger partial charge in [-0.25, -0.2) is 4.98 Å². The summed E-state index contributed by atoms with van der Waals surface area (Å²) >= 11 is 0. The van der Waals surface area contributed by atoms with Gasteiger partial charge in [0.05, 0.1) is 5.69 Å². The third-order valence-corrected chi connectivity index (χ3v) is 2.47. The van der Waals surface area contributed by atoms with E-state index in [1.54, 1.807) is 32.0 Å². The van der Waals surface area contributed by atoms with Gasteiger partial charge in [0.25, 0.3) is 5.91 Å². The third kappa shape index (κ3) is 2.68. The second-order valence-electron chi connectivity index (χ2n) is 4.00. The van der Waals surface area contributed by atoms with Crippen LogP contribution in [0.1, 0.15) is 27.7 Å². The van der Waals surface area contributed by atoms with Gasteiger partial charge in [-0.15, -0.1) is 0 Å². The van der Waals surface area contributed by atoms with Crippen molar-refractivity contribution in [1.82, 2.24) is 10.3 Å². The van der Waals surface area contributed by atoms with Gasteiger partial charge in [-0.3, -0.25) is 4.79 Å². The van der Waals surface area contributed by atoms with Crippen LogP contribution in [0.15, 0.2) is 28.7 Å². The molecule has 0 saturated heterocycles. The maximum atomic E-state index is 11.8. The highest BCUT2D eigenvalue weighted by atomic mass is 16.4. The lowest BCUT2D eigenvalue weighted by Crippen LogP contribution is -2.23. The predicted molar refractivity (Wildman–Crippen MR) is 65.3 cm³/mol. The van der Waals surface area contributed by atoms with Crippen molar-refractivity contribution >= 4 is 5.91 Å². The third-order valence-electron chi connectivity index (χ3n) is 2.47. The molecular weight excluding hydrogens is 232 g/mol. The van der Waals surface area contributed by atoms with Crippen LogP contribution in [0.5, 0.6) is 5.75 Å². The van der Waals surface area contributed by atoms with Gasteiger partial charge in [-0.05, 0) is 24.6 Å². The Morgan fingerprint density at radius 3 is 2.83 bits per heavy atom. The van der Waals surface area contributed by atoms with Crippen LogP contribution in [0.4, 0.5) is 0 Å². The lowest BCUT2D eigenvalue weighted by molar-refractivity contribution is 0.0921. The number of aryl methyl sites for hydroxylation is 2. The number of hydrogen-bond acceptors (Lipinski definition) is 4. The molecule has 0 aliphatic rings. The predicted octanol–water partition coefficient (Wildman–Crippen LogP) is 1.93. The maximum Gasteiger partial charge on any atom is 0.289 e. The van der Waals surface area contributed by atoms with Crippen molar-refractivity contribution in [3.63, 3.8) is 0 Å². The summed E-state index contributed by atoms with van der Waals surface area (Å²) in [6, 6.07) is 6.72. The summed E-state index contributed by atoms with van der Waals surface area (Å²) in [5, 5.41) is 12.0. The van der Waals surface area contributed by atoms with Crippen LogP contribution in [0, 0.1) is 13.8 Å². The average molecular weight is 246 g/mol. The normalized spacial score (nSPS) is 10.3. The first-order chi connectivity index (χ1) is 8.56. The van der Waals surface area contributed by atoms with Crippen molar-refractivity contribution in [2.75, 3.05) is 0 Å². The Bertz CT molecular complexity index is 575. The summed E-state index contributed by atoms with van der Waals surface area (Å²) in [4.78, 5) is 15.9. The Kier molecular flexibility index (Phi) is 3.32. The molecule has 0 fully saturated rings. The number of oxazole rings is 1. The van der Waals surface area contributed by atoms with Gasteiger partial charge >= 0.3 is 0 Å². The SMILES string of the molecule is Cc1nc(C)c(C(=O)NCc2cccc(O)c2)o1. The monoisotopic (exact) mass is 246 g/mol. The van der Waals surface area contributed by atoms with E-state index >= 15 is 0 Å². The smallest absolute Gasteiger partial charge is 0.289 e. The minimum absolute atomic E-state index is 0.174. The van der Waals surface area contributed by atoms with Crippen LogP contribution >= 0.6 is 0 Å². The Morgan fingerprint density at radius 2 is 2.22 bits per heavy atom. The van der Waals surface area contributed by atoms with E-state index in [-0.39, 0.29) is 17.4 Å². The number of carbonyl (C=O) groups excluding carboxylic acids is 1. The summed E-state index contributed by atoms with van der Waals surface area (Å²) in [7, 11) is 0. The van der Waals surface area contributed by atoms with Gasteiger partial charge in [0, 0.05) is 13.5 Å². The molecule has 1 aromatic heterocycles. The number of aromatic nitrogens is 1. The van der Waals surface area contributed by atoms with E-state index < -0.39 is 0 Å². The molecule has 5 heteroatoms. The molecule has 18 heavy (non-hydrogen) atoms. The summed E-state index contributed by atoms with van der Waals surface area (Å²) in [6.45, 7) is 3.74. The molecule has 0 spiro atoms. The van der Waals surface area contributed by atoms with Crippen LogP contribution in [0.3, 0.4) is 0 Å². The second kappa shape index (κ2) is 4.91. The zero-order valence-electron chi connectivity index (χ0n) is 10.2. The number of aromatic hydroxyl groups is 1. The van der Waals surface area contributed by atoms with Gasteiger partial charge in [-0.1, -0.05) is 12.1 Å². The van der Waals surface area contributed by atoms with Gasteiger partial charge < -0.3 is 14.8 Å². The molecule has 94 valence electrons. The van der Waals surface area contributed by atoms with Crippen molar-refractivity contribution in [3.05, 3.63) is 47.2 Å². The summed E-state index contributed by atoms with van der Waals surface area (Å²) in [6.07, 6.45) is 0. The van der Waals surface area contributed by atoms with Crippen molar-refractivity contribution in [3.8, 4) is 5.75 Å². The second-order valence-corrected chi connectivity index (χ2v) is 4.00. The van der Waals surface area contributed by atoms with Crippen molar-refractivity contribution < 1.29 is 14.3 Å². The van der Waals surface area contributed by atoms with E-state index in [2.05, 4.69) is 10.3 Å². The number of phenolic OH excluding ortho intramolecular Hbond substituents is 1. The van der Waals surface area contributed by atoms with E-state index in [4.69, 9.17) is 4.42 Å². The Hall–Kier alpha value is -2.30. The van der Waals surface area contributed by atoms with E-state index in [9.17, 15) is 9.90 Å². The lowest BCUT2D eigenvalue weighted by atomic mass is 10.2. The van der Waals surface area contributed by atoms with Gasteiger partial charge in [0.2, 0.25) is 5.76 Å². The highest BCUT2D eigenvalue weighted by Crippen LogP contribution is 2.12. The van der Waals surface area contributed by atoms with E-state index in [0.29, 0.717) is 18.1 Å². The maximum absolute atomic E-state index is 11.8. The molecule has 0 atom stereocenters. The van der Waals surface area contributed by atoms with Gasteiger partial charge in [0.1, 0.15) is 5.75 Å². The van der Waals surface area contributed by atoms with E-state index in [1.165, 1.54) is 0 Å². The molecule has 1 aromatic carbocycles. The summed E-state index contributed by atoms with van der Waals surface area (Å²) in [5.74, 6) is 0.563. The van der Waals surface area contributed by atoms with E-state index in [1.807, 2.05) is 6.07 Å². The minimum atomic E-state index is -0.309. The molecule has 2 aromatic rings. The van der Waals surface area contributed by atoms with Crippen molar-refractivity contribution in [2.24, 2.45) is 0 Å². The number of hydrogen-bond donors (Lipinski definition) is 2. The molecule has 2 N–H and O–H groups in total. The van der Waals surface area contributed by atoms with Crippen molar-refractivity contribution in [2.45, 2.75) is 20.4 Å². The van der Waals surface area contributed by atoms with Crippen LogP contribution in [0.2, 0.25) is 0 Å². The highest BCUT2D eigenvalue weighted by Gasteiger charge is 2.15.